The zero-order valence-electron chi connectivity index (χ0n) is 14.1. The van der Waals surface area contributed by atoms with Crippen LogP contribution in [0.1, 0.15) is 36.7 Å². The number of hydrogen-bond donors (Lipinski definition) is 1. The Labute approximate surface area is 141 Å². The van der Waals surface area contributed by atoms with Gasteiger partial charge in [-0.25, -0.2) is 4.79 Å². The van der Waals surface area contributed by atoms with Crippen molar-refractivity contribution in [2.24, 2.45) is 7.05 Å². The van der Waals surface area contributed by atoms with Gasteiger partial charge in [0.1, 0.15) is 12.1 Å². The van der Waals surface area contributed by atoms with Crippen LogP contribution >= 0.6 is 0 Å². The summed E-state index contributed by atoms with van der Waals surface area (Å²) in [6, 6.07) is 7.63. The van der Waals surface area contributed by atoms with Gasteiger partial charge in [-0.2, -0.15) is 0 Å². The lowest BCUT2D eigenvalue weighted by Crippen LogP contribution is -2.45. The molecule has 3 rings (SSSR count). The average Bonchev–Trinajstić information content (AvgIpc) is 3.05. The first kappa shape index (κ1) is 16.3. The summed E-state index contributed by atoms with van der Waals surface area (Å²) in [4.78, 5) is 14.5. The van der Waals surface area contributed by atoms with Gasteiger partial charge in [0.25, 0.3) is 0 Å². The fraction of sp³-hybridized carbons (Fsp3) is 0.471. The van der Waals surface area contributed by atoms with Crippen LogP contribution in [0.4, 0.5) is 4.79 Å². The maximum absolute atomic E-state index is 12.7. The molecule has 0 radical (unpaired) electrons. The molecule has 0 unspecified atom stereocenters. The van der Waals surface area contributed by atoms with Crippen LogP contribution < -0.4 is 10.1 Å². The van der Waals surface area contributed by atoms with E-state index in [9.17, 15) is 4.79 Å². The van der Waals surface area contributed by atoms with Crippen molar-refractivity contribution in [2.75, 3.05) is 13.7 Å². The number of carbonyl (C=O) groups excluding carboxylic acids is 1. The van der Waals surface area contributed by atoms with Crippen LogP contribution in [0.25, 0.3) is 0 Å². The number of carbonyl (C=O) groups is 1. The summed E-state index contributed by atoms with van der Waals surface area (Å²) in [6.07, 6.45) is 4.70. The molecule has 2 heterocycles. The lowest BCUT2D eigenvalue weighted by atomic mass is 10.0. The molecule has 1 N–H and O–H groups in total. The molecule has 0 spiro atoms. The molecule has 1 aromatic carbocycles. The second kappa shape index (κ2) is 7.33. The van der Waals surface area contributed by atoms with Crippen molar-refractivity contribution < 1.29 is 9.53 Å². The van der Waals surface area contributed by atoms with E-state index in [0.29, 0.717) is 6.54 Å². The monoisotopic (exact) mass is 329 g/mol. The normalized spacial score (nSPS) is 17.6. The number of aryl methyl sites for hydroxylation is 1. The number of piperidine rings is 1. The standard InChI is InChI=1S/C17H23N5O2/c1-21-12-19-20-16(21)15-8-3-4-9-22(15)17(23)18-11-13-6-5-7-14(10-13)24-2/h5-7,10,12,15H,3-4,8-9,11H2,1-2H3,(H,18,23)/t15-/m1/s1. The zero-order chi connectivity index (χ0) is 16.9. The van der Waals surface area contributed by atoms with Crippen molar-refractivity contribution in [3.8, 4) is 5.75 Å². The minimum Gasteiger partial charge on any atom is -0.497 e. The van der Waals surface area contributed by atoms with Gasteiger partial charge in [0.15, 0.2) is 5.82 Å². The molecular weight excluding hydrogens is 306 g/mol. The third-order valence-corrected chi connectivity index (χ3v) is 4.39. The van der Waals surface area contributed by atoms with E-state index in [4.69, 9.17) is 4.74 Å². The largest absolute Gasteiger partial charge is 0.497 e. The average molecular weight is 329 g/mol. The van der Waals surface area contributed by atoms with Gasteiger partial charge in [-0.05, 0) is 37.0 Å². The minimum absolute atomic E-state index is 0.0171. The van der Waals surface area contributed by atoms with E-state index in [1.165, 1.54) is 0 Å². The van der Waals surface area contributed by atoms with E-state index in [2.05, 4.69) is 15.5 Å². The van der Waals surface area contributed by atoms with E-state index in [1.807, 2.05) is 40.8 Å². The molecule has 1 aromatic heterocycles. The summed E-state index contributed by atoms with van der Waals surface area (Å²) >= 11 is 0. The Morgan fingerprint density at radius 3 is 3.04 bits per heavy atom. The molecule has 0 aliphatic carbocycles. The molecule has 7 nitrogen and oxygen atoms in total. The molecule has 128 valence electrons. The van der Waals surface area contributed by atoms with E-state index in [0.717, 1.165) is 42.9 Å². The summed E-state index contributed by atoms with van der Waals surface area (Å²) in [5.74, 6) is 1.63. The van der Waals surface area contributed by atoms with Crippen molar-refractivity contribution >= 4 is 6.03 Å². The maximum atomic E-state index is 12.7. The molecule has 7 heteroatoms. The summed E-state index contributed by atoms with van der Waals surface area (Å²) in [5, 5.41) is 11.1. The first-order chi connectivity index (χ1) is 11.7. The number of ether oxygens (including phenoxy) is 1. The predicted molar refractivity (Wildman–Crippen MR) is 89.5 cm³/mol. The number of nitrogens with one attached hydrogen (secondary N) is 1. The number of methoxy groups -OCH3 is 1. The van der Waals surface area contributed by atoms with E-state index >= 15 is 0 Å². The summed E-state index contributed by atoms with van der Waals surface area (Å²) in [6.45, 7) is 1.21. The van der Waals surface area contributed by atoms with Crippen molar-refractivity contribution in [3.05, 3.63) is 42.0 Å². The Hall–Kier alpha value is -2.57. The van der Waals surface area contributed by atoms with Gasteiger partial charge in [0.05, 0.1) is 13.2 Å². The Balaban J connectivity index is 1.67. The van der Waals surface area contributed by atoms with Gasteiger partial charge in [0.2, 0.25) is 0 Å². The number of amides is 2. The SMILES string of the molecule is COc1cccc(CNC(=O)N2CCCC[C@@H]2c2nncn2C)c1. The molecule has 24 heavy (non-hydrogen) atoms. The zero-order valence-corrected chi connectivity index (χ0v) is 14.1. The van der Waals surface area contributed by atoms with Gasteiger partial charge in [-0.15, -0.1) is 10.2 Å². The van der Waals surface area contributed by atoms with Crippen molar-refractivity contribution in [1.82, 2.24) is 25.0 Å². The highest BCUT2D eigenvalue weighted by molar-refractivity contribution is 5.74. The lowest BCUT2D eigenvalue weighted by molar-refractivity contribution is 0.145. The first-order valence-corrected chi connectivity index (χ1v) is 8.20. The molecule has 0 saturated carbocycles. The number of rotatable bonds is 4. The Kier molecular flexibility index (Phi) is 4.98. The number of nitrogens with zero attached hydrogens (tertiary/aromatic N) is 4. The number of urea groups is 1. The molecule has 1 saturated heterocycles. The van der Waals surface area contributed by atoms with Crippen LogP contribution in [0.5, 0.6) is 5.75 Å². The maximum Gasteiger partial charge on any atom is 0.318 e. The van der Waals surface area contributed by atoms with Crippen molar-refractivity contribution in [2.45, 2.75) is 31.8 Å². The van der Waals surface area contributed by atoms with Crippen LogP contribution in [0.15, 0.2) is 30.6 Å². The van der Waals surface area contributed by atoms with Gasteiger partial charge < -0.3 is 19.5 Å². The second-order valence-corrected chi connectivity index (χ2v) is 6.02. The summed E-state index contributed by atoms with van der Waals surface area (Å²) in [7, 11) is 3.55. The Morgan fingerprint density at radius 1 is 1.42 bits per heavy atom. The van der Waals surface area contributed by atoms with Crippen LogP contribution in [0.2, 0.25) is 0 Å². The second-order valence-electron chi connectivity index (χ2n) is 6.02. The quantitative estimate of drug-likeness (QED) is 0.934. The highest BCUT2D eigenvalue weighted by Gasteiger charge is 2.30. The van der Waals surface area contributed by atoms with Crippen LogP contribution in [0.3, 0.4) is 0 Å². The summed E-state index contributed by atoms with van der Waals surface area (Å²) in [5.41, 5.74) is 1.01. The molecule has 2 amide bonds. The van der Waals surface area contributed by atoms with Gasteiger partial charge in [0, 0.05) is 20.1 Å². The number of hydrogen-bond acceptors (Lipinski definition) is 4. The lowest BCUT2D eigenvalue weighted by Gasteiger charge is -2.34. The van der Waals surface area contributed by atoms with Crippen LogP contribution in [-0.2, 0) is 13.6 Å². The highest BCUT2D eigenvalue weighted by Crippen LogP contribution is 2.29. The third-order valence-electron chi connectivity index (χ3n) is 4.39. The molecule has 2 aromatic rings. The molecule has 0 bridgehead atoms. The van der Waals surface area contributed by atoms with Crippen LogP contribution in [0, 0.1) is 0 Å². The van der Waals surface area contributed by atoms with Crippen molar-refractivity contribution in [1.29, 1.82) is 0 Å². The summed E-state index contributed by atoms with van der Waals surface area (Å²) < 4.78 is 7.10. The number of likely N-dealkylation sites (tertiary alicyclic amines) is 1. The Morgan fingerprint density at radius 2 is 2.29 bits per heavy atom. The van der Waals surface area contributed by atoms with Gasteiger partial charge in [-0.1, -0.05) is 12.1 Å². The fourth-order valence-corrected chi connectivity index (χ4v) is 3.10. The molecule has 1 atom stereocenters. The van der Waals surface area contributed by atoms with E-state index < -0.39 is 0 Å². The number of benzene rings is 1. The number of aromatic nitrogens is 3. The smallest absolute Gasteiger partial charge is 0.318 e. The third kappa shape index (κ3) is 3.50. The Bertz CT molecular complexity index is 700. The van der Waals surface area contributed by atoms with E-state index in [-0.39, 0.29) is 12.1 Å². The van der Waals surface area contributed by atoms with Crippen LogP contribution in [-0.4, -0.2) is 39.4 Å². The minimum atomic E-state index is -0.0643. The predicted octanol–water partition coefficient (Wildman–Crippen LogP) is 2.26. The highest BCUT2D eigenvalue weighted by atomic mass is 16.5. The first-order valence-electron chi connectivity index (χ1n) is 8.20. The molecule has 1 fully saturated rings. The van der Waals surface area contributed by atoms with Crippen molar-refractivity contribution in [3.63, 3.8) is 0 Å². The van der Waals surface area contributed by atoms with E-state index in [1.54, 1.807) is 13.4 Å². The fourth-order valence-electron chi connectivity index (χ4n) is 3.10. The molecule has 1 aliphatic rings. The molecular formula is C17H23N5O2. The van der Waals surface area contributed by atoms with Gasteiger partial charge in [-0.3, -0.25) is 0 Å². The van der Waals surface area contributed by atoms with Gasteiger partial charge >= 0.3 is 6.03 Å². The molecule has 1 aliphatic heterocycles. The topological polar surface area (TPSA) is 72.3 Å².